The summed E-state index contributed by atoms with van der Waals surface area (Å²) in [4.78, 5) is 22.4. The van der Waals surface area contributed by atoms with Crippen LogP contribution in [0.4, 0.5) is 0 Å². The van der Waals surface area contributed by atoms with Crippen LogP contribution in [0, 0.1) is 11.8 Å². The summed E-state index contributed by atoms with van der Waals surface area (Å²) in [5.41, 5.74) is 5.39. The molecule has 1 amide bonds. The molecule has 1 saturated carbocycles. The Morgan fingerprint density at radius 2 is 1.79 bits per heavy atom. The maximum Gasteiger partial charge on any atom is 0.306 e. The van der Waals surface area contributed by atoms with E-state index in [2.05, 4.69) is 5.32 Å². The number of carbonyl (C=O) groups is 2. The third-order valence-electron chi connectivity index (χ3n) is 3.89. The van der Waals surface area contributed by atoms with Gasteiger partial charge in [-0.2, -0.15) is 0 Å². The smallest absolute Gasteiger partial charge is 0.306 e. The molecule has 0 aromatic carbocycles. The highest BCUT2D eigenvalue weighted by Gasteiger charge is 2.25. The van der Waals surface area contributed by atoms with E-state index < -0.39 is 5.97 Å². The fraction of sp³-hybridized carbons (Fsp3) is 0.857. The first kappa shape index (κ1) is 16.0. The molecule has 1 rings (SSSR count). The molecule has 5 nitrogen and oxygen atoms in total. The van der Waals surface area contributed by atoms with Crippen LogP contribution in [0.3, 0.4) is 0 Å². The lowest BCUT2D eigenvalue weighted by Gasteiger charge is -2.26. The number of nitrogens with two attached hydrogens (primary N) is 1. The van der Waals surface area contributed by atoms with Crippen molar-refractivity contribution in [2.75, 3.05) is 13.1 Å². The summed E-state index contributed by atoms with van der Waals surface area (Å²) in [6, 6.07) is 0. The molecule has 110 valence electrons. The minimum Gasteiger partial charge on any atom is -0.481 e. The van der Waals surface area contributed by atoms with Crippen LogP contribution in [0.5, 0.6) is 0 Å². The van der Waals surface area contributed by atoms with E-state index >= 15 is 0 Å². The summed E-state index contributed by atoms with van der Waals surface area (Å²) in [6.07, 6.45) is 6.76. The normalized spacial score (nSPS) is 23.0. The first-order chi connectivity index (χ1) is 9.13. The third kappa shape index (κ3) is 6.57. The molecule has 0 aromatic rings. The Hall–Kier alpha value is -1.10. The van der Waals surface area contributed by atoms with Gasteiger partial charge < -0.3 is 16.2 Å². The minimum atomic E-state index is -0.678. The van der Waals surface area contributed by atoms with E-state index in [1.165, 1.54) is 0 Å². The number of nitrogens with one attached hydrogen (secondary N) is 1. The monoisotopic (exact) mass is 270 g/mol. The van der Waals surface area contributed by atoms with Crippen LogP contribution in [-0.2, 0) is 9.59 Å². The number of carboxylic acids is 1. The first-order valence-electron chi connectivity index (χ1n) is 7.33. The van der Waals surface area contributed by atoms with Crippen LogP contribution in [0.15, 0.2) is 0 Å². The van der Waals surface area contributed by atoms with Gasteiger partial charge in [0, 0.05) is 13.0 Å². The fourth-order valence-corrected chi connectivity index (χ4v) is 2.57. The lowest BCUT2D eigenvalue weighted by molar-refractivity contribution is -0.143. The molecule has 1 aliphatic carbocycles. The van der Waals surface area contributed by atoms with E-state index in [9.17, 15) is 9.59 Å². The lowest BCUT2D eigenvalue weighted by atomic mass is 9.82. The van der Waals surface area contributed by atoms with Crippen molar-refractivity contribution in [1.82, 2.24) is 5.32 Å². The molecule has 1 aliphatic rings. The molecule has 1 fully saturated rings. The molecule has 0 aliphatic heterocycles. The van der Waals surface area contributed by atoms with Crippen molar-refractivity contribution >= 4 is 11.9 Å². The molecule has 19 heavy (non-hydrogen) atoms. The van der Waals surface area contributed by atoms with Crippen LogP contribution >= 0.6 is 0 Å². The maximum atomic E-state index is 11.6. The van der Waals surface area contributed by atoms with Gasteiger partial charge in [0.05, 0.1) is 5.92 Å². The molecular weight excluding hydrogens is 244 g/mol. The van der Waals surface area contributed by atoms with Crippen molar-refractivity contribution in [3.8, 4) is 0 Å². The van der Waals surface area contributed by atoms with E-state index in [1.807, 2.05) is 0 Å². The molecule has 0 unspecified atom stereocenters. The van der Waals surface area contributed by atoms with Crippen molar-refractivity contribution in [3.05, 3.63) is 0 Å². The standard InChI is InChI=1S/C14H26N2O3/c15-9-3-1-2-4-13(17)16-10-11-5-7-12(8-6-11)14(18)19/h11-12H,1-10,15H2,(H,16,17)(H,18,19). The number of carboxylic acid groups (broad SMARTS) is 1. The molecule has 0 atom stereocenters. The van der Waals surface area contributed by atoms with Crippen LogP contribution in [0.2, 0.25) is 0 Å². The Balaban J connectivity index is 2.06. The predicted molar refractivity (Wildman–Crippen MR) is 73.6 cm³/mol. The number of hydrogen-bond donors (Lipinski definition) is 3. The Labute approximate surface area is 114 Å². The number of amides is 1. The average molecular weight is 270 g/mol. The van der Waals surface area contributed by atoms with Crippen molar-refractivity contribution in [2.24, 2.45) is 17.6 Å². The highest BCUT2D eigenvalue weighted by Crippen LogP contribution is 2.28. The molecule has 0 bridgehead atoms. The fourth-order valence-electron chi connectivity index (χ4n) is 2.57. The zero-order valence-electron chi connectivity index (χ0n) is 11.6. The highest BCUT2D eigenvalue weighted by atomic mass is 16.4. The number of hydrogen-bond acceptors (Lipinski definition) is 3. The van der Waals surface area contributed by atoms with Crippen molar-refractivity contribution < 1.29 is 14.7 Å². The van der Waals surface area contributed by atoms with Gasteiger partial charge in [0.1, 0.15) is 0 Å². The Morgan fingerprint density at radius 3 is 2.37 bits per heavy atom. The summed E-state index contributed by atoms with van der Waals surface area (Å²) >= 11 is 0. The molecule has 5 heteroatoms. The quantitative estimate of drug-likeness (QED) is 0.583. The average Bonchev–Trinajstić information content (AvgIpc) is 2.42. The van der Waals surface area contributed by atoms with Crippen molar-refractivity contribution in [3.63, 3.8) is 0 Å². The van der Waals surface area contributed by atoms with Crippen LogP contribution in [0.25, 0.3) is 0 Å². The zero-order chi connectivity index (χ0) is 14.1. The van der Waals surface area contributed by atoms with Gasteiger partial charge in [-0.3, -0.25) is 9.59 Å². The molecular formula is C14H26N2O3. The summed E-state index contributed by atoms with van der Waals surface area (Å²) in [7, 11) is 0. The van der Waals surface area contributed by atoms with Gasteiger partial charge >= 0.3 is 5.97 Å². The Morgan fingerprint density at radius 1 is 1.11 bits per heavy atom. The Kier molecular flexibility index (Phi) is 7.48. The third-order valence-corrected chi connectivity index (χ3v) is 3.89. The minimum absolute atomic E-state index is 0.109. The zero-order valence-corrected chi connectivity index (χ0v) is 11.6. The topological polar surface area (TPSA) is 92.4 Å². The first-order valence-corrected chi connectivity index (χ1v) is 7.33. The van der Waals surface area contributed by atoms with Crippen LogP contribution < -0.4 is 11.1 Å². The van der Waals surface area contributed by atoms with E-state index in [4.69, 9.17) is 10.8 Å². The largest absolute Gasteiger partial charge is 0.481 e. The number of unbranched alkanes of at least 4 members (excludes halogenated alkanes) is 2. The van der Waals surface area contributed by atoms with Crippen molar-refractivity contribution in [2.45, 2.75) is 51.4 Å². The van der Waals surface area contributed by atoms with Gasteiger partial charge in [-0.05, 0) is 51.0 Å². The lowest BCUT2D eigenvalue weighted by Crippen LogP contribution is -2.32. The second-order valence-electron chi connectivity index (χ2n) is 5.46. The summed E-state index contributed by atoms with van der Waals surface area (Å²) in [6.45, 7) is 1.39. The molecule has 0 spiro atoms. The molecule has 0 heterocycles. The second-order valence-corrected chi connectivity index (χ2v) is 5.46. The molecule has 0 saturated heterocycles. The van der Waals surface area contributed by atoms with E-state index in [-0.39, 0.29) is 11.8 Å². The van der Waals surface area contributed by atoms with Crippen molar-refractivity contribution in [1.29, 1.82) is 0 Å². The van der Waals surface area contributed by atoms with Gasteiger partial charge in [-0.15, -0.1) is 0 Å². The van der Waals surface area contributed by atoms with Gasteiger partial charge in [0.25, 0.3) is 0 Å². The summed E-state index contributed by atoms with van der Waals surface area (Å²) in [5.74, 6) is -0.299. The number of rotatable bonds is 8. The molecule has 4 N–H and O–H groups in total. The maximum absolute atomic E-state index is 11.6. The SMILES string of the molecule is NCCCCCC(=O)NCC1CCC(C(=O)O)CC1. The predicted octanol–water partition coefficient (Wildman–Crippen LogP) is 1.51. The summed E-state index contributed by atoms with van der Waals surface area (Å²) < 4.78 is 0. The number of carbonyl (C=O) groups excluding carboxylic acids is 1. The second kappa shape index (κ2) is 8.91. The molecule has 0 radical (unpaired) electrons. The number of aliphatic carboxylic acids is 1. The Bertz CT molecular complexity index is 286. The van der Waals surface area contributed by atoms with Gasteiger partial charge in [0.2, 0.25) is 5.91 Å². The van der Waals surface area contributed by atoms with E-state index in [0.29, 0.717) is 25.4 Å². The molecule has 0 aromatic heterocycles. The van der Waals surface area contributed by atoms with Crippen LogP contribution in [0.1, 0.15) is 51.4 Å². The van der Waals surface area contributed by atoms with E-state index in [0.717, 1.165) is 44.9 Å². The van der Waals surface area contributed by atoms with Gasteiger partial charge in [0.15, 0.2) is 0 Å². The van der Waals surface area contributed by atoms with Crippen LogP contribution in [-0.4, -0.2) is 30.1 Å². The van der Waals surface area contributed by atoms with E-state index in [1.54, 1.807) is 0 Å². The summed E-state index contributed by atoms with van der Waals surface area (Å²) in [5, 5.41) is 11.9. The van der Waals surface area contributed by atoms with Gasteiger partial charge in [-0.1, -0.05) is 6.42 Å². The van der Waals surface area contributed by atoms with Gasteiger partial charge in [-0.25, -0.2) is 0 Å². The highest BCUT2D eigenvalue weighted by molar-refractivity contribution is 5.75.